The number of carbonyl (C=O) groups excluding carboxylic acids is 1. The van der Waals surface area contributed by atoms with Gasteiger partial charge in [0.05, 0.1) is 5.75 Å². The van der Waals surface area contributed by atoms with Crippen LogP contribution in [0.3, 0.4) is 0 Å². The van der Waals surface area contributed by atoms with Crippen molar-refractivity contribution in [2.45, 2.75) is 6.04 Å². The third-order valence-electron chi connectivity index (χ3n) is 1.15. The van der Waals surface area contributed by atoms with Crippen LogP contribution in [0.1, 0.15) is 0 Å². The fraction of sp³-hybridized carbons (Fsp3) is 0.600. The molecule has 2 N–H and O–H groups in total. The second kappa shape index (κ2) is 5.03. The molecule has 1 heterocycles. The van der Waals surface area contributed by atoms with Gasteiger partial charge in [0.25, 0.3) is 0 Å². The van der Waals surface area contributed by atoms with E-state index in [9.17, 15) is 9.59 Å². The first-order chi connectivity index (χ1) is 4.70. The summed E-state index contributed by atoms with van der Waals surface area (Å²) < 4.78 is 0. The Morgan fingerprint density at radius 2 is 2.36 bits per heavy atom. The molecule has 0 unspecified atom stereocenters. The molecule has 0 saturated carbocycles. The van der Waals surface area contributed by atoms with Crippen molar-refractivity contribution in [3.63, 3.8) is 0 Å². The molecule has 1 radical (unpaired) electrons. The molecule has 11 heavy (non-hydrogen) atoms. The van der Waals surface area contributed by atoms with Gasteiger partial charge in [-0.25, -0.2) is 4.79 Å². The summed E-state index contributed by atoms with van der Waals surface area (Å²) in [5, 5.41) is 10.8. The molecule has 1 amide bonds. The maximum absolute atomic E-state index is 10.6. The number of carboxylic acid groups (broad SMARTS) is 1. The summed E-state index contributed by atoms with van der Waals surface area (Å²) in [5.74, 6) is -0.297. The van der Waals surface area contributed by atoms with E-state index >= 15 is 0 Å². The zero-order valence-corrected chi connectivity index (χ0v) is 8.98. The molecule has 4 nitrogen and oxygen atoms in total. The number of nitrogens with one attached hydrogen (secondary N) is 1. The van der Waals surface area contributed by atoms with Gasteiger partial charge in [-0.1, -0.05) is 0 Å². The second-order valence-electron chi connectivity index (χ2n) is 1.97. The monoisotopic (exact) mass is 184 g/mol. The maximum Gasteiger partial charge on any atom is 0.327 e. The van der Waals surface area contributed by atoms with Crippen LogP contribution in [-0.4, -0.2) is 64.1 Å². The first-order valence-electron chi connectivity index (χ1n) is 2.80. The van der Waals surface area contributed by atoms with E-state index in [1.165, 1.54) is 11.8 Å². The van der Waals surface area contributed by atoms with E-state index in [0.29, 0.717) is 11.5 Å². The van der Waals surface area contributed by atoms with E-state index in [1.54, 1.807) is 0 Å². The molecule has 57 valence electrons. The number of hydrogen-bond acceptors (Lipinski definition) is 3. The van der Waals surface area contributed by atoms with E-state index in [0.717, 1.165) is 0 Å². The summed E-state index contributed by atoms with van der Waals surface area (Å²) in [4.78, 5) is 20.9. The molecule has 1 rings (SSSR count). The fourth-order valence-electron chi connectivity index (χ4n) is 0.680. The molecule has 0 aliphatic carbocycles. The summed E-state index contributed by atoms with van der Waals surface area (Å²) in [7, 11) is 0. The maximum atomic E-state index is 10.6. The number of rotatable bonds is 1. The predicted molar refractivity (Wildman–Crippen MR) is 42.6 cm³/mol. The van der Waals surface area contributed by atoms with Crippen LogP contribution in [0.5, 0.6) is 0 Å². The van der Waals surface area contributed by atoms with Crippen LogP contribution in [-0.2, 0) is 9.59 Å². The fourth-order valence-corrected chi connectivity index (χ4v) is 1.53. The smallest absolute Gasteiger partial charge is 0.327 e. The van der Waals surface area contributed by atoms with Crippen LogP contribution in [0.25, 0.3) is 0 Å². The van der Waals surface area contributed by atoms with Gasteiger partial charge >= 0.3 is 5.97 Å². The van der Waals surface area contributed by atoms with Crippen LogP contribution >= 0.6 is 11.8 Å². The molecule has 1 fully saturated rings. The topological polar surface area (TPSA) is 66.4 Å². The third kappa shape index (κ3) is 3.46. The minimum Gasteiger partial charge on any atom is -0.480 e. The van der Waals surface area contributed by atoms with Crippen molar-refractivity contribution >= 4 is 53.2 Å². The van der Waals surface area contributed by atoms with Gasteiger partial charge in [-0.15, -0.1) is 11.8 Å². The standard InChI is InChI=1S/C5H7NO3S.Na/c7-4-2-10-1-3(6-4)5(8)9;/h3H,1-2H2,(H,6,7)(H,8,9);/t3-;/m0./s1. The zero-order chi connectivity index (χ0) is 7.56. The Morgan fingerprint density at radius 1 is 1.73 bits per heavy atom. The van der Waals surface area contributed by atoms with Gasteiger partial charge in [0.1, 0.15) is 6.04 Å². The molecule has 1 saturated heterocycles. The Balaban J connectivity index is 0.000001000. The van der Waals surface area contributed by atoms with Crippen LogP contribution in [0, 0.1) is 0 Å². The molecular weight excluding hydrogens is 177 g/mol. The number of amides is 1. The van der Waals surface area contributed by atoms with Crippen LogP contribution in [0.15, 0.2) is 0 Å². The van der Waals surface area contributed by atoms with Gasteiger partial charge in [-0.05, 0) is 0 Å². The molecule has 1 aliphatic rings. The van der Waals surface area contributed by atoms with Crippen molar-refractivity contribution < 1.29 is 14.7 Å². The third-order valence-corrected chi connectivity index (χ3v) is 2.19. The normalized spacial score (nSPS) is 23.3. The molecule has 1 atom stereocenters. The average Bonchev–Trinajstić information content (AvgIpc) is 1.88. The quantitative estimate of drug-likeness (QED) is 0.509. The molecule has 0 aromatic rings. The Kier molecular flexibility index (Phi) is 5.16. The molecule has 0 aromatic heterocycles. The molecule has 0 bridgehead atoms. The summed E-state index contributed by atoms with van der Waals surface area (Å²) >= 11 is 1.35. The summed E-state index contributed by atoms with van der Waals surface area (Å²) in [6.45, 7) is 0. The van der Waals surface area contributed by atoms with Crippen LogP contribution in [0.4, 0.5) is 0 Å². The number of thioether (sulfide) groups is 1. The molecule has 0 spiro atoms. The van der Waals surface area contributed by atoms with Crippen molar-refractivity contribution in [2.24, 2.45) is 0 Å². The minimum absolute atomic E-state index is 0. The van der Waals surface area contributed by atoms with Crippen molar-refractivity contribution in [2.75, 3.05) is 11.5 Å². The largest absolute Gasteiger partial charge is 0.480 e. The van der Waals surface area contributed by atoms with E-state index < -0.39 is 12.0 Å². The Bertz CT molecular complexity index is 173. The Morgan fingerprint density at radius 3 is 2.73 bits per heavy atom. The summed E-state index contributed by atoms with van der Waals surface area (Å²) in [6.07, 6.45) is 0. The van der Waals surface area contributed by atoms with Gasteiger partial charge in [0, 0.05) is 35.3 Å². The van der Waals surface area contributed by atoms with Gasteiger partial charge in [0.2, 0.25) is 5.91 Å². The molecule has 1 aliphatic heterocycles. The van der Waals surface area contributed by atoms with Gasteiger partial charge in [-0.2, -0.15) is 0 Å². The van der Waals surface area contributed by atoms with Gasteiger partial charge < -0.3 is 10.4 Å². The second-order valence-corrected chi connectivity index (χ2v) is 3.00. The summed E-state index contributed by atoms with van der Waals surface area (Å²) in [6, 6.07) is -0.689. The first-order valence-corrected chi connectivity index (χ1v) is 3.95. The summed E-state index contributed by atoms with van der Waals surface area (Å²) in [5.41, 5.74) is 0. The number of carbonyl (C=O) groups is 2. The number of carboxylic acids is 1. The Labute approximate surface area is 90.4 Å². The molecule has 0 aromatic carbocycles. The van der Waals surface area contributed by atoms with Gasteiger partial charge in [-0.3, -0.25) is 4.79 Å². The van der Waals surface area contributed by atoms with E-state index in [4.69, 9.17) is 5.11 Å². The Hall–Kier alpha value is 0.290. The molecule has 6 heteroatoms. The van der Waals surface area contributed by atoms with Crippen molar-refractivity contribution in [1.82, 2.24) is 5.32 Å². The van der Waals surface area contributed by atoms with Crippen LogP contribution in [0.2, 0.25) is 0 Å². The van der Waals surface area contributed by atoms with E-state index in [2.05, 4.69) is 5.32 Å². The molecular formula is C5H7NNaO3S. The predicted octanol–water partition coefficient (Wildman–Crippen LogP) is -1.08. The van der Waals surface area contributed by atoms with Crippen molar-refractivity contribution in [3.05, 3.63) is 0 Å². The van der Waals surface area contributed by atoms with E-state index in [1.807, 2.05) is 0 Å². The van der Waals surface area contributed by atoms with Gasteiger partial charge in [0.15, 0.2) is 0 Å². The first kappa shape index (κ1) is 11.3. The van der Waals surface area contributed by atoms with Crippen molar-refractivity contribution in [1.29, 1.82) is 0 Å². The van der Waals surface area contributed by atoms with E-state index in [-0.39, 0.29) is 35.5 Å². The number of hydrogen-bond donors (Lipinski definition) is 2. The zero-order valence-electron chi connectivity index (χ0n) is 6.16. The van der Waals surface area contributed by atoms with Crippen molar-refractivity contribution in [3.8, 4) is 0 Å². The number of aliphatic carboxylic acids is 1. The minimum atomic E-state index is -0.958. The van der Waals surface area contributed by atoms with Crippen LogP contribution < -0.4 is 5.32 Å². The average molecular weight is 184 g/mol. The SMILES string of the molecule is O=C1CSC[C@@H](C(=O)O)N1.[Na].